The highest BCUT2D eigenvalue weighted by molar-refractivity contribution is 5.77. The largest absolute Gasteiger partial charge is 0.468 e. The molecule has 0 saturated heterocycles. The highest BCUT2D eigenvalue weighted by Gasteiger charge is 2.35. The smallest absolute Gasteiger partial charge is 0.435 e. The van der Waals surface area contributed by atoms with E-state index in [1.807, 2.05) is 25.9 Å². The Labute approximate surface area is 184 Å². The third kappa shape index (κ3) is 6.01. The lowest BCUT2D eigenvalue weighted by atomic mass is 9.91. The molecule has 0 radical (unpaired) electrons. The predicted octanol–water partition coefficient (Wildman–Crippen LogP) is 2.52. The van der Waals surface area contributed by atoms with Gasteiger partial charge in [-0.1, -0.05) is 0 Å². The number of hydrogen-bond acceptors (Lipinski definition) is 7. The lowest BCUT2D eigenvalue weighted by molar-refractivity contribution is -0.141. The first-order chi connectivity index (χ1) is 15.0. The Morgan fingerprint density at radius 1 is 1.25 bits per heavy atom. The van der Waals surface area contributed by atoms with Crippen LogP contribution < -0.4 is 20.3 Å². The molecule has 2 heterocycles. The van der Waals surface area contributed by atoms with Crippen LogP contribution in [-0.4, -0.2) is 58.4 Å². The minimum atomic E-state index is -4.56. The lowest BCUT2D eigenvalue weighted by Crippen LogP contribution is -2.42. The van der Waals surface area contributed by atoms with E-state index >= 15 is 0 Å². The number of carbonyl (C=O) groups is 1. The van der Waals surface area contributed by atoms with Crippen LogP contribution in [-0.2, 0) is 18.0 Å². The maximum absolute atomic E-state index is 12.7. The van der Waals surface area contributed by atoms with Crippen molar-refractivity contribution in [3.05, 3.63) is 23.5 Å². The first-order valence-corrected chi connectivity index (χ1v) is 10.3. The molecule has 1 amide bonds. The topological polar surface area (TPSA) is 97.2 Å². The van der Waals surface area contributed by atoms with Crippen LogP contribution in [0.3, 0.4) is 0 Å². The molecule has 1 fully saturated rings. The molecule has 0 aliphatic heterocycles. The second kappa shape index (κ2) is 9.61. The Balaban J connectivity index is 1.44. The molecular weight excluding hydrogens is 427 g/mol. The Hall–Kier alpha value is -3.05. The maximum Gasteiger partial charge on any atom is 0.435 e. The summed E-state index contributed by atoms with van der Waals surface area (Å²) >= 11 is 0. The Morgan fingerprint density at radius 3 is 2.50 bits per heavy atom. The van der Waals surface area contributed by atoms with E-state index in [1.165, 1.54) is 7.05 Å². The van der Waals surface area contributed by atoms with E-state index < -0.39 is 11.9 Å². The fraction of sp³-hybridized carbons (Fsp3) is 0.600. The van der Waals surface area contributed by atoms with Gasteiger partial charge in [-0.05, 0) is 32.6 Å². The Kier molecular flexibility index (Phi) is 7.09. The van der Waals surface area contributed by atoms with E-state index in [9.17, 15) is 18.0 Å². The maximum atomic E-state index is 12.7. The molecular formula is C20H28F3N7O2. The minimum absolute atomic E-state index is 0.0160. The number of ether oxygens (including phenoxy) is 1. The minimum Gasteiger partial charge on any atom is -0.468 e. The zero-order chi connectivity index (χ0) is 23.5. The first kappa shape index (κ1) is 23.6. The quantitative estimate of drug-likeness (QED) is 0.662. The second-order valence-electron chi connectivity index (χ2n) is 8.13. The van der Waals surface area contributed by atoms with Crippen LogP contribution in [0.2, 0.25) is 0 Å². The number of aromatic nitrogens is 4. The van der Waals surface area contributed by atoms with E-state index in [-0.39, 0.29) is 30.5 Å². The number of halogens is 3. The van der Waals surface area contributed by atoms with Gasteiger partial charge in [-0.25, -0.2) is 9.67 Å². The van der Waals surface area contributed by atoms with Gasteiger partial charge in [0.25, 0.3) is 5.91 Å². The molecule has 1 aliphatic rings. The van der Waals surface area contributed by atoms with Crippen LogP contribution in [0.4, 0.5) is 24.9 Å². The molecule has 1 aliphatic carbocycles. The van der Waals surface area contributed by atoms with Gasteiger partial charge in [-0.3, -0.25) is 4.79 Å². The summed E-state index contributed by atoms with van der Waals surface area (Å²) in [5, 5.41) is 9.59. The van der Waals surface area contributed by atoms with Crippen LogP contribution in [0.25, 0.3) is 0 Å². The van der Waals surface area contributed by atoms with Crippen molar-refractivity contribution >= 4 is 17.7 Å². The predicted molar refractivity (Wildman–Crippen MR) is 113 cm³/mol. The van der Waals surface area contributed by atoms with E-state index in [2.05, 4.69) is 25.7 Å². The standard InChI is InChI=1S/C20H28F3N7O2/c1-12-10-24-19(27-18(12)29(2)3)26-14-7-5-13(6-8-14)25-16(31)11-32-17-9-15(20(21,22)23)28-30(17)4/h9-10,13-14H,5-8,11H2,1-4H3,(H,25,31)(H,24,26,27). The molecule has 0 atom stereocenters. The number of rotatable bonds is 7. The Morgan fingerprint density at radius 2 is 1.91 bits per heavy atom. The molecule has 0 bridgehead atoms. The van der Waals surface area contributed by atoms with Gasteiger partial charge >= 0.3 is 6.18 Å². The van der Waals surface area contributed by atoms with E-state index in [1.54, 1.807) is 6.20 Å². The summed E-state index contributed by atoms with van der Waals surface area (Å²) in [6.07, 6.45) is 0.413. The van der Waals surface area contributed by atoms with Gasteiger partial charge in [-0.2, -0.15) is 23.3 Å². The number of nitrogens with one attached hydrogen (secondary N) is 2. The highest BCUT2D eigenvalue weighted by Crippen LogP contribution is 2.30. The molecule has 9 nitrogen and oxygen atoms in total. The third-order valence-corrected chi connectivity index (χ3v) is 5.27. The van der Waals surface area contributed by atoms with Crippen molar-refractivity contribution in [2.24, 2.45) is 7.05 Å². The highest BCUT2D eigenvalue weighted by atomic mass is 19.4. The molecule has 3 rings (SSSR count). The lowest BCUT2D eigenvalue weighted by Gasteiger charge is -2.29. The molecule has 1 saturated carbocycles. The monoisotopic (exact) mass is 455 g/mol. The zero-order valence-electron chi connectivity index (χ0n) is 18.5. The van der Waals surface area contributed by atoms with Gasteiger partial charge in [0.1, 0.15) is 5.82 Å². The van der Waals surface area contributed by atoms with Crippen molar-refractivity contribution in [1.29, 1.82) is 0 Å². The number of hydrogen-bond donors (Lipinski definition) is 2. The van der Waals surface area contributed by atoms with Gasteiger partial charge in [0, 0.05) is 51.1 Å². The molecule has 176 valence electrons. The summed E-state index contributed by atoms with van der Waals surface area (Å²) in [7, 11) is 5.19. The average molecular weight is 455 g/mol. The third-order valence-electron chi connectivity index (χ3n) is 5.27. The van der Waals surface area contributed by atoms with Crippen LogP contribution in [0.15, 0.2) is 12.3 Å². The van der Waals surface area contributed by atoms with E-state index in [0.29, 0.717) is 5.95 Å². The number of carbonyl (C=O) groups excluding carboxylic acids is 1. The molecule has 0 unspecified atom stereocenters. The van der Waals surface area contributed by atoms with Crippen molar-refractivity contribution in [1.82, 2.24) is 25.1 Å². The van der Waals surface area contributed by atoms with E-state index in [0.717, 1.165) is 47.8 Å². The van der Waals surface area contributed by atoms with E-state index in [4.69, 9.17) is 4.74 Å². The van der Waals surface area contributed by atoms with Crippen LogP contribution >= 0.6 is 0 Å². The molecule has 2 aromatic rings. The number of anilines is 2. The van der Waals surface area contributed by atoms with Crippen molar-refractivity contribution in [2.45, 2.75) is 50.9 Å². The molecule has 2 aromatic heterocycles. The average Bonchev–Trinajstić information content (AvgIpc) is 3.10. The fourth-order valence-corrected chi connectivity index (χ4v) is 3.65. The van der Waals surface area contributed by atoms with Crippen LogP contribution in [0.5, 0.6) is 5.88 Å². The van der Waals surface area contributed by atoms with Crippen LogP contribution in [0.1, 0.15) is 36.9 Å². The van der Waals surface area contributed by atoms with Gasteiger partial charge in [0.05, 0.1) is 0 Å². The number of amides is 1. The summed E-state index contributed by atoms with van der Waals surface area (Å²) in [5.41, 5.74) is -0.0635. The molecule has 0 aromatic carbocycles. The summed E-state index contributed by atoms with van der Waals surface area (Å²) in [5.74, 6) is 0.943. The SMILES string of the molecule is Cc1cnc(NC2CCC(NC(=O)COc3cc(C(F)(F)F)nn3C)CC2)nc1N(C)C. The molecule has 32 heavy (non-hydrogen) atoms. The summed E-state index contributed by atoms with van der Waals surface area (Å²) < 4.78 is 44.3. The normalized spacial score (nSPS) is 18.8. The molecule has 0 spiro atoms. The zero-order valence-corrected chi connectivity index (χ0v) is 18.5. The summed E-state index contributed by atoms with van der Waals surface area (Å²) in [6, 6.07) is 0.962. The van der Waals surface area contributed by atoms with Crippen molar-refractivity contribution in [3.8, 4) is 5.88 Å². The fourth-order valence-electron chi connectivity index (χ4n) is 3.65. The van der Waals surface area contributed by atoms with Gasteiger partial charge in [0.2, 0.25) is 11.8 Å². The second-order valence-corrected chi connectivity index (χ2v) is 8.13. The number of alkyl halides is 3. The summed E-state index contributed by atoms with van der Waals surface area (Å²) in [6.45, 7) is 1.58. The number of aryl methyl sites for hydroxylation is 2. The van der Waals surface area contributed by atoms with Gasteiger partial charge in [0.15, 0.2) is 12.3 Å². The van der Waals surface area contributed by atoms with Crippen molar-refractivity contribution in [3.63, 3.8) is 0 Å². The van der Waals surface area contributed by atoms with Gasteiger partial charge < -0.3 is 20.3 Å². The molecule has 12 heteroatoms. The van der Waals surface area contributed by atoms with Gasteiger partial charge in [-0.15, -0.1) is 0 Å². The van der Waals surface area contributed by atoms with Crippen molar-refractivity contribution in [2.75, 3.05) is 30.9 Å². The van der Waals surface area contributed by atoms with Crippen molar-refractivity contribution < 1.29 is 22.7 Å². The number of nitrogens with zero attached hydrogens (tertiary/aromatic N) is 5. The molecule has 2 N–H and O–H groups in total. The Bertz CT molecular complexity index is 938. The first-order valence-electron chi connectivity index (χ1n) is 10.3. The summed E-state index contributed by atoms with van der Waals surface area (Å²) in [4.78, 5) is 23.0. The van der Waals surface area contributed by atoms with Crippen LogP contribution in [0, 0.1) is 6.92 Å².